The van der Waals surface area contributed by atoms with Gasteiger partial charge in [0.1, 0.15) is 23.0 Å². The van der Waals surface area contributed by atoms with Crippen LogP contribution in [-0.4, -0.2) is 24.0 Å². The van der Waals surface area contributed by atoms with Crippen LogP contribution in [0.5, 0.6) is 23.0 Å². The van der Waals surface area contributed by atoms with Gasteiger partial charge in [-0.05, 0) is 137 Å². The van der Waals surface area contributed by atoms with E-state index in [0.29, 0.717) is 34.4 Å². The SMILES string of the molecule is Cc1cc(Br)cc(C)c1OC(C)C(=O)Nc1ccc(Oc2ccc(NC(=O)C(C)Oc3c(C)cc(Br)cc3C)cc2)cc1. The maximum Gasteiger partial charge on any atom is 0.265 e. The minimum Gasteiger partial charge on any atom is -0.480 e. The second-order valence-corrected chi connectivity index (χ2v) is 12.2. The number of hydrogen-bond donors (Lipinski definition) is 2. The largest absolute Gasteiger partial charge is 0.480 e. The number of rotatable bonds is 10. The second kappa shape index (κ2) is 14.1. The van der Waals surface area contributed by atoms with Crippen LogP contribution < -0.4 is 24.8 Å². The average molecular weight is 710 g/mol. The zero-order valence-electron chi connectivity index (χ0n) is 24.9. The number of carbonyl (C=O) groups is 2. The molecule has 2 unspecified atom stereocenters. The van der Waals surface area contributed by atoms with Crippen molar-refractivity contribution in [3.05, 3.63) is 104 Å². The van der Waals surface area contributed by atoms with Crippen LogP contribution in [0.3, 0.4) is 0 Å². The van der Waals surface area contributed by atoms with E-state index in [2.05, 4.69) is 42.5 Å². The Bertz CT molecular complexity index is 1450. The summed E-state index contributed by atoms with van der Waals surface area (Å²) in [5.41, 5.74) is 5.06. The molecule has 2 amide bonds. The van der Waals surface area contributed by atoms with Crippen molar-refractivity contribution in [2.75, 3.05) is 10.6 Å². The van der Waals surface area contributed by atoms with Crippen LogP contribution in [-0.2, 0) is 9.59 Å². The molecule has 0 radical (unpaired) electrons. The molecular weight excluding hydrogens is 676 g/mol. The van der Waals surface area contributed by atoms with Gasteiger partial charge in [0.25, 0.3) is 11.8 Å². The number of nitrogens with one attached hydrogen (secondary N) is 2. The van der Waals surface area contributed by atoms with Gasteiger partial charge in [-0.3, -0.25) is 9.59 Å². The molecule has 224 valence electrons. The van der Waals surface area contributed by atoms with Crippen LogP contribution in [0.1, 0.15) is 36.1 Å². The lowest BCUT2D eigenvalue weighted by atomic mass is 10.1. The molecule has 7 nitrogen and oxygen atoms in total. The smallest absolute Gasteiger partial charge is 0.265 e. The number of aryl methyl sites for hydroxylation is 4. The van der Waals surface area contributed by atoms with Gasteiger partial charge in [0.2, 0.25) is 0 Å². The predicted molar refractivity (Wildman–Crippen MR) is 178 cm³/mol. The van der Waals surface area contributed by atoms with Crippen molar-refractivity contribution in [1.29, 1.82) is 0 Å². The lowest BCUT2D eigenvalue weighted by Crippen LogP contribution is -2.30. The zero-order chi connectivity index (χ0) is 31.3. The number of amides is 2. The fourth-order valence-electron chi connectivity index (χ4n) is 4.46. The first kappa shape index (κ1) is 32.1. The molecule has 4 aromatic rings. The summed E-state index contributed by atoms with van der Waals surface area (Å²) < 4.78 is 19.8. The molecule has 0 aromatic heterocycles. The first-order chi connectivity index (χ1) is 20.4. The monoisotopic (exact) mass is 708 g/mol. The molecule has 0 aliphatic rings. The average Bonchev–Trinajstić information content (AvgIpc) is 2.94. The predicted octanol–water partition coefficient (Wildman–Crippen LogP) is 9.05. The highest BCUT2D eigenvalue weighted by atomic mass is 79.9. The minimum atomic E-state index is -0.683. The molecule has 0 aliphatic carbocycles. The molecule has 2 N–H and O–H groups in total. The van der Waals surface area contributed by atoms with Crippen molar-refractivity contribution in [3.63, 3.8) is 0 Å². The fraction of sp³-hybridized carbons (Fsp3) is 0.235. The van der Waals surface area contributed by atoms with Gasteiger partial charge in [0, 0.05) is 20.3 Å². The van der Waals surface area contributed by atoms with Crippen LogP contribution in [0, 0.1) is 27.7 Å². The molecule has 0 saturated carbocycles. The third kappa shape index (κ3) is 8.61. The van der Waals surface area contributed by atoms with Crippen LogP contribution in [0.15, 0.2) is 81.7 Å². The van der Waals surface area contributed by atoms with Gasteiger partial charge in [-0.2, -0.15) is 0 Å². The van der Waals surface area contributed by atoms with Gasteiger partial charge < -0.3 is 24.8 Å². The maximum absolute atomic E-state index is 12.7. The third-order valence-electron chi connectivity index (χ3n) is 6.66. The van der Waals surface area contributed by atoms with E-state index < -0.39 is 12.2 Å². The Morgan fingerprint density at radius 2 is 0.884 bits per heavy atom. The summed E-state index contributed by atoms with van der Waals surface area (Å²) in [5, 5.41) is 5.76. The van der Waals surface area contributed by atoms with Crippen molar-refractivity contribution in [2.45, 2.75) is 53.8 Å². The molecule has 4 rings (SSSR count). The summed E-state index contributed by atoms with van der Waals surface area (Å²) in [6.07, 6.45) is -1.37. The van der Waals surface area contributed by atoms with Crippen molar-refractivity contribution >= 4 is 55.0 Å². The molecule has 0 aliphatic heterocycles. The molecule has 9 heteroatoms. The lowest BCUT2D eigenvalue weighted by molar-refractivity contribution is -0.122. The standard InChI is InChI=1S/C34H34Br2N2O5/c1-19-15-25(35)16-20(2)31(19)41-23(5)33(39)37-27-7-11-29(12-8-27)43-30-13-9-28(10-14-30)38-34(40)24(6)42-32-21(3)17-26(36)18-22(32)4/h7-18,23-24H,1-6H3,(H,37,39)(H,38,40). The first-order valence-electron chi connectivity index (χ1n) is 13.8. The van der Waals surface area contributed by atoms with Crippen LogP contribution in [0.4, 0.5) is 11.4 Å². The minimum absolute atomic E-state index is 0.255. The Morgan fingerprint density at radius 1 is 0.581 bits per heavy atom. The Balaban J connectivity index is 1.29. The van der Waals surface area contributed by atoms with Gasteiger partial charge in [-0.15, -0.1) is 0 Å². The molecular formula is C34H34Br2N2O5. The second-order valence-electron chi connectivity index (χ2n) is 10.4. The van der Waals surface area contributed by atoms with Crippen molar-refractivity contribution < 1.29 is 23.8 Å². The lowest BCUT2D eigenvalue weighted by Gasteiger charge is -2.18. The van der Waals surface area contributed by atoms with E-state index in [1.165, 1.54) is 0 Å². The zero-order valence-corrected chi connectivity index (χ0v) is 28.1. The molecule has 4 aromatic carbocycles. The van der Waals surface area contributed by atoms with Gasteiger partial charge in [0.15, 0.2) is 12.2 Å². The molecule has 0 heterocycles. The fourth-order valence-corrected chi connectivity index (χ4v) is 5.84. The number of carbonyl (C=O) groups excluding carboxylic acids is 2. The van der Waals surface area contributed by atoms with Crippen molar-refractivity contribution in [2.24, 2.45) is 0 Å². The van der Waals surface area contributed by atoms with E-state index in [4.69, 9.17) is 14.2 Å². The molecule has 0 saturated heterocycles. The molecule has 2 atom stereocenters. The highest BCUT2D eigenvalue weighted by Gasteiger charge is 2.19. The quantitative estimate of drug-likeness (QED) is 0.172. The number of anilines is 2. The van der Waals surface area contributed by atoms with E-state index in [-0.39, 0.29) is 11.8 Å². The Labute approximate surface area is 269 Å². The first-order valence-corrected chi connectivity index (χ1v) is 15.3. The van der Waals surface area contributed by atoms with Crippen LogP contribution >= 0.6 is 31.9 Å². The molecule has 0 bridgehead atoms. The summed E-state index contributed by atoms with van der Waals surface area (Å²) in [4.78, 5) is 25.5. The summed E-state index contributed by atoms with van der Waals surface area (Å²) in [7, 11) is 0. The van der Waals surface area contributed by atoms with Gasteiger partial charge in [-0.1, -0.05) is 31.9 Å². The van der Waals surface area contributed by atoms with Crippen LogP contribution in [0.25, 0.3) is 0 Å². The van der Waals surface area contributed by atoms with Gasteiger partial charge >= 0.3 is 0 Å². The Hall–Kier alpha value is -3.82. The van der Waals surface area contributed by atoms with E-state index in [0.717, 1.165) is 31.2 Å². The van der Waals surface area contributed by atoms with Crippen LogP contribution in [0.2, 0.25) is 0 Å². The Kier molecular flexibility index (Phi) is 10.5. The number of ether oxygens (including phenoxy) is 3. The number of halogens is 2. The summed E-state index contributed by atoms with van der Waals surface area (Å²) in [5.74, 6) is 2.09. The maximum atomic E-state index is 12.7. The normalized spacial score (nSPS) is 12.2. The van der Waals surface area contributed by atoms with Crippen molar-refractivity contribution in [3.8, 4) is 23.0 Å². The molecule has 43 heavy (non-hydrogen) atoms. The third-order valence-corrected chi connectivity index (χ3v) is 7.57. The van der Waals surface area contributed by atoms with Gasteiger partial charge in [-0.25, -0.2) is 0 Å². The van der Waals surface area contributed by atoms with Gasteiger partial charge in [0.05, 0.1) is 0 Å². The van der Waals surface area contributed by atoms with E-state index in [1.54, 1.807) is 62.4 Å². The summed E-state index contributed by atoms with van der Waals surface area (Å²) in [6.45, 7) is 11.2. The highest BCUT2D eigenvalue weighted by Crippen LogP contribution is 2.30. The van der Waals surface area contributed by atoms with E-state index >= 15 is 0 Å². The van der Waals surface area contributed by atoms with E-state index in [1.807, 2.05) is 52.0 Å². The highest BCUT2D eigenvalue weighted by molar-refractivity contribution is 9.10. The van der Waals surface area contributed by atoms with Crippen molar-refractivity contribution in [1.82, 2.24) is 0 Å². The molecule has 0 spiro atoms. The summed E-state index contributed by atoms with van der Waals surface area (Å²) >= 11 is 6.96. The Morgan fingerprint density at radius 3 is 1.19 bits per heavy atom. The topological polar surface area (TPSA) is 85.9 Å². The molecule has 0 fully saturated rings. The number of benzene rings is 4. The summed E-state index contributed by atoms with van der Waals surface area (Å²) in [6, 6.07) is 22.0. The van der Waals surface area contributed by atoms with E-state index in [9.17, 15) is 9.59 Å². The number of hydrogen-bond acceptors (Lipinski definition) is 5.